The first-order valence-electron chi connectivity index (χ1n) is 11.0. The zero-order valence-corrected chi connectivity index (χ0v) is 20.9. The first-order chi connectivity index (χ1) is 16.2. The average molecular weight is 502 g/mol. The van der Waals surface area contributed by atoms with Gasteiger partial charge in [0.1, 0.15) is 5.75 Å². The van der Waals surface area contributed by atoms with Crippen LogP contribution >= 0.6 is 11.3 Å². The molecule has 10 heteroatoms. The van der Waals surface area contributed by atoms with E-state index < -0.39 is 10.0 Å². The molecule has 1 aromatic heterocycles. The summed E-state index contributed by atoms with van der Waals surface area (Å²) in [6.45, 7) is 4.89. The van der Waals surface area contributed by atoms with Crippen molar-refractivity contribution in [3.8, 4) is 5.75 Å². The smallest absolute Gasteiger partial charge is 0.308 e. The first-order valence-corrected chi connectivity index (χ1v) is 13.2. The van der Waals surface area contributed by atoms with Crippen LogP contribution in [0.1, 0.15) is 25.5 Å². The molecule has 3 aromatic rings. The van der Waals surface area contributed by atoms with E-state index in [1.54, 1.807) is 40.9 Å². The predicted molar refractivity (Wildman–Crippen MR) is 134 cm³/mol. The molecule has 1 saturated heterocycles. The number of fused-ring (bicyclic) bond motifs is 1. The maximum atomic E-state index is 13.2. The number of amides is 1. The highest BCUT2D eigenvalue weighted by Gasteiger charge is 2.30. The van der Waals surface area contributed by atoms with Gasteiger partial charge in [-0.1, -0.05) is 23.5 Å². The maximum absolute atomic E-state index is 13.2. The molecular weight excluding hydrogens is 474 g/mol. The number of hydrogen-bond donors (Lipinski definition) is 0. The van der Waals surface area contributed by atoms with Gasteiger partial charge in [0, 0.05) is 38.3 Å². The third kappa shape index (κ3) is 4.79. The lowest BCUT2D eigenvalue weighted by atomic mass is 10.2. The van der Waals surface area contributed by atoms with Gasteiger partial charge in [-0.05, 0) is 55.8 Å². The normalized spacial score (nSPS) is 15.5. The fraction of sp³-hybridized carbons (Fsp3) is 0.333. The lowest BCUT2D eigenvalue weighted by Gasteiger charge is -2.33. The predicted octanol–water partition coefficient (Wildman–Crippen LogP) is 3.20. The Morgan fingerprint density at radius 1 is 1.06 bits per heavy atom. The minimum atomic E-state index is -3.73. The summed E-state index contributed by atoms with van der Waals surface area (Å²) in [7, 11) is -2.13. The second-order valence-electron chi connectivity index (χ2n) is 8.30. The number of benzene rings is 2. The monoisotopic (exact) mass is 501 g/mol. The highest BCUT2D eigenvalue weighted by Crippen LogP contribution is 2.26. The molecule has 0 atom stereocenters. The van der Waals surface area contributed by atoms with Crippen LogP contribution in [0, 0.1) is 0 Å². The van der Waals surface area contributed by atoms with Crippen LogP contribution in [-0.4, -0.2) is 61.4 Å². The van der Waals surface area contributed by atoms with Crippen molar-refractivity contribution < 1.29 is 17.9 Å². The van der Waals surface area contributed by atoms with Gasteiger partial charge in [-0.2, -0.15) is 4.31 Å². The van der Waals surface area contributed by atoms with Crippen molar-refractivity contribution in [2.24, 2.45) is 0 Å². The Bertz CT molecular complexity index is 1380. The number of methoxy groups -OCH3 is 1. The molecule has 0 spiro atoms. The second kappa shape index (κ2) is 9.73. The van der Waals surface area contributed by atoms with E-state index in [1.807, 2.05) is 38.1 Å². The van der Waals surface area contributed by atoms with Crippen LogP contribution in [0.3, 0.4) is 0 Å². The van der Waals surface area contributed by atoms with Gasteiger partial charge in [-0.15, -0.1) is 0 Å². The number of piperazine rings is 1. The molecular formula is C24H27N3O5S2. The number of ether oxygens (including phenoxy) is 1. The fourth-order valence-corrected chi connectivity index (χ4v) is 6.53. The Kier molecular flexibility index (Phi) is 6.92. The molecule has 0 saturated carbocycles. The lowest BCUT2D eigenvalue weighted by Crippen LogP contribution is -2.50. The highest BCUT2D eigenvalue weighted by atomic mass is 32.2. The minimum absolute atomic E-state index is 0.00640. The van der Waals surface area contributed by atoms with E-state index in [0.717, 1.165) is 28.2 Å². The highest BCUT2D eigenvalue weighted by molar-refractivity contribution is 7.89. The zero-order valence-electron chi connectivity index (χ0n) is 19.3. The summed E-state index contributed by atoms with van der Waals surface area (Å²) >= 11 is 1.05. The van der Waals surface area contributed by atoms with E-state index in [4.69, 9.17) is 4.74 Å². The van der Waals surface area contributed by atoms with E-state index in [1.165, 1.54) is 10.4 Å². The van der Waals surface area contributed by atoms with Crippen LogP contribution in [0.2, 0.25) is 0 Å². The molecule has 2 aromatic carbocycles. The average Bonchev–Trinajstić information content (AvgIpc) is 3.18. The van der Waals surface area contributed by atoms with Gasteiger partial charge >= 0.3 is 4.87 Å². The molecule has 1 fully saturated rings. The third-order valence-electron chi connectivity index (χ3n) is 5.82. The number of carbonyl (C=O) groups excluding carboxylic acids is 1. The van der Waals surface area contributed by atoms with E-state index in [9.17, 15) is 18.0 Å². The Labute approximate surface area is 202 Å². The summed E-state index contributed by atoms with van der Waals surface area (Å²) < 4.78 is 35.3. The van der Waals surface area contributed by atoms with Crippen molar-refractivity contribution in [1.82, 2.24) is 13.8 Å². The molecule has 0 radical (unpaired) electrons. The van der Waals surface area contributed by atoms with Gasteiger partial charge in [0.15, 0.2) is 0 Å². The van der Waals surface area contributed by atoms with Crippen molar-refractivity contribution in [3.63, 3.8) is 0 Å². The molecule has 2 heterocycles. The summed E-state index contributed by atoms with van der Waals surface area (Å²) in [4.78, 5) is 26.6. The fourth-order valence-electron chi connectivity index (χ4n) is 3.95. The van der Waals surface area contributed by atoms with Gasteiger partial charge in [0.25, 0.3) is 0 Å². The molecule has 0 bridgehead atoms. The van der Waals surface area contributed by atoms with E-state index >= 15 is 0 Å². The third-order valence-corrected chi connectivity index (χ3v) is 8.64. The lowest BCUT2D eigenvalue weighted by molar-refractivity contribution is -0.127. The van der Waals surface area contributed by atoms with Crippen molar-refractivity contribution in [1.29, 1.82) is 0 Å². The van der Waals surface area contributed by atoms with Crippen LogP contribution in [0.5, 0.6) is 5.75 Å². The largest absolute Gasteiger partial charge is 0.497 e. The molecule has 1 aliphatic rings. The molecule has 180 valence electrons. The quantitative estimate of drug-likeness (QED) is 0.484. The summed E-state index contributed by atoms with van der Waals surface area (Å²) in [6.07, 6.45) is 3.23. The van der Waals surface area contributed by atoms with Crippen LogP contribution in [-0.2, 0) is 14.8 Å². The van der Waals surface area contributed by atoms with Gasteiger partial charge in [0.2, 0.25) is 15.9 Å². The molecule has 8 nitrogen and oxygen atoms in total. The standard InChI is InChI=1S/C24H27N3O5S2/c1-17(2)27-21-10-9-20(16-22(21)33-24(27)29)34(30,31)26-14-12-25(13-15-26)23(28)11-6-18-4-7-19(32-3)8-5-18/h4-11,16-17H,12-15H2,1-3H3. The van der Waals surface area contributed by atoms with Crippen molar-refractivity contribution in [2.45, 2.75) is 24.8 Å². The van der Waals surface area contributed by atoms with Crippen LogP contribution in [0.15, 0.2) is 58.2 Å². The molecule has 1 aliphatic heterocycles. The number of aromatic nitrogens is 1. The summed E-state index contributed by atoms with van der Waals surface area (Å²) in [5.74, 6) is 0.584. The van der Waals surface area contributed by atoms with Gasteiger partial charge in [-0.25, -0.2) is 8.42 Å². The van der Waals surface area contributed by atoms with E-state index in [2.05, 4.69) is 0 Å². The first kappa shape index (κ1) is 24.2. The van der Waals surface area contributed by atoms with Gasteiger partial charge in [0.05, 0.1) is 22.2 Å². The number of carbonyl (C=O) groups is 1. The molecule has 0 N–H and O–H groups in total. The molecule has 0 aliphatic carbocycles. The maximum Gasteiger partial charge on any atom is 0.308 e. The zero-order chi connectivity index (χ0) is 24.5. The SMILES string of the molecule is COc1ccc(C=CC(=O)N2CCN(S(=O)(=O)c3ccc4c(c3)sc(=O)n4C(C)C)CC2)cc1. The van der Waals surface area contributed by atoms with Gasteiger partial charge < -0.3 is 9.64 Å². The number of thiazole rings is 1. The Balaban J connectivity index is 1.43. The Morgan fingerprint density at radius 3 is 2.35 bits per heavy atom. The van der Waals surface area contributed by atoms with Crippen molar-refractivity contribution in [2.75, 3.05) is 33.3 Å². The molecule has 1 amide bonds. The Hall–Kier alpha value is -2.95. The van der Waals surface area contributed by atoms with Crippen molar-refractivity contribution in [3.05, 3.63) is 63.8 Å². The molecule has 4 rings (SSSR count). The summed E-state index contributed by atoms with van der Waals surface area (Å²) in [5, 5.41) is 0. The minimum Gasteiger partial charge on any atom is -0.497 e. The molecule has 0 unspecified atom stereocenters. The molecule has 34 heavy (non-hydrogen) atoms. The second-order valence-corrected chi connectivity index (χ2v) is 11.2. The number of sulfonamides is 1. The van der Waals surface area contributed by atoms with E-state index in [-0.39, 0.29) is 34.8 Å². The van der Waals surface area contributed by atoms with E-state index in [0.29, 0.717) is 17.8 Å². The van der Waals surface area contributed by atoms with Crippen molar-refractivity contribution >= 4 is 43.6 Å². The van der Waals surface area contributed by atoms with Crippen LogP contribution in [0.4, 0.5) is 0 Å². The van der Waals surface area contributed by atoms with Gasteiger partial charge in [-0.3, -0.25) is 14.2 Å². The van der Waals surface area contributed by atoms with Crippen LogP contribution in [0.25, 0.3) is 16.3 Å². The topological polar surface area (TPSA) is 88.9 Å². The number of rotatable bonds is 6. The number of nitrogens with zero attached hydrogens (tertiary/aromatic N) is 3. The van der Waals surface area contributed by atoms with Crippen LogP contribution < -0.4 is 9.61 Å². The summed E-state index contributed by atoms with van der Waals surface area (Å²) in [5.41, 5.74) is 1.61. The summed E-state index contributed by atoms with van der Waals surface area (Å²) in [6, 6.07) is 12.2. The number of hydrogen-bond acceptors (Lipinski definition) is 6. The Morgan fingerprint density at radius 2 is 1.74 bits per heavy atom.